The fraction of sp³-hybridized carbons (Fsp3) is 0.333. The zero-order valence-electron chi connectivity index (χ0n) is 18.7. The van der Waals surface area contributed by atoms with Crippen molar-refractivity contribution in [2.75, 3.05) is 31.1 Å². The van der Waals surface area contributed by atoms with E-state index in [1.165, 1.54) is 18.2 Å². The molecular weight excluding hydrogens is 466 g/mol. The third-order valence-electron chi connectivity index (χ3n) is 5.84. The van der Waals surface area contributed by atoms with Gasteiger partial charge in [0, 0.05) is 45.4 Å². The number of nitrogens with zero attached hydrogens (tertiary/aromatic N) is 4. The first-order valence-electron chi connectivity index (χ1n) is 11.1. The minimum Gasteiger partial charge on any atom is -0.366 e. The average molecular weight is 489 g/mol. The van der Waals surface area contributed by atoms with E-state index < -0.39 is 17.3 Å². The second kappa shape index (κ2) is 10.2. The molecule has 0 aliphatic carbocycles. The minimum atomic E-state index is -4.46. The van der Waals surface area contributed by atoms with E-state index in [0.29, 0.717) is 37.4 Å². The van der Waals surface area contributed by atoms with Crippen LogP contribution in [-0.2, 0) is 23.8 Å². The number of benzene rings is 2. The van der Waals surface area contributed by atoms with Gasteiger partial charge in [0.05, 0.1) is 11.3 Å². The Morgan fingerprint density at radius 1 is 1.00 bits per heavy atom. The molecule has 1 fully saturated rings. The Morgan fingerprint density at radius 3 is 2.43 bits per heavy atom. The van der Waals surface area contributed by atoms with Crippen molar-refractivity contribution in [3.8, 4) is 0 Å². The first kappa shape index (κ1) is 24.4. The van der Waals surface area contributed by atoms with E-state index in [1.54, 1.807) is 23.1 Å². The third-order valence-corrected chi connectivity index (χ3v) is 5.84. The predicted octanol–water partition coefficient (Wildman–Crippen LogP) is 3.20. The van der Waals surface area contributed by atoms with Gasteiger partial charge in [0.2, 0.25) is 5.91 Å². The number of halogens is 4. The van der Waals surface area contributed by atoms with Crippen LogP contribution in [0.1, 0.15) is 29.1 Å². The smallest absolute Gasteiger partial charge is 0.366 e. The molecule has 0 spiro atoms. The molecule has 1 saturated heterocycles. The van der Waals surface area contributed by atoms with E-state index in [9.17, 15) is 27.2 Å². The van der Waals surface area contributed by atoms with E-state index in [2.05, 4.69) is 15.2 Å². The van der Waals surface area contributed by atoms with Crippen LogP contribution >= 0.6 is 0 Å². The second-order valence-corrected chi connectivity index (χ2v) is 8.24. The first-order valence-corrected chi connectivity index (χ1v) is 11.1. The average Bonchev–Trinajstić information content (AvgIpc) is 2.83. The number of nitrogens with one attached hydrogen (secondary N) is 1. The maximum atomic E-state index is 14.0. The number of hydrogen-bond acceptors (Lipinski definition) is 5. The Balaban J connectivity index is 1.31. The number of H-pyrrole nitrogens is 1. The molecule has 0 saturated carbocycles. The van der Waals surface area contributed by atoms with Crippen molar-refractivity contribution < 1.29 is 22.4 Å². The number of aryl methyl sites for hydroxylation is 1. The standard InChI is InChI=1S/C24H23F4N5O2/c25-18-6-1-2-7-20(18)32-10-12-33(13-11-32)22(34)9-8-19-23(35)29-21(31-30-19)15-16-4-3-5-17(14-16)24(26,27)28/h1-7,14H,8-13,15H2,(H,29,31,35). The van der Waals surface area contributed by atoms with Crippen LogP contribution in [0, 0.1) is 5.82 Å². The zero-order valence-corrected chi connectivity index (χ0v) is 18.7. The molecule has 11 heteroatoms. The Bertz CT molecular complexity index is 1250. The van der Waals surface area contributed by atoms with Gasteiger partial charge in [-0.1, -0.05) is 30.3 Å². The molecule has 184 valence electrons. The summed E-state index contributed by atoms with van der Waals surface area (Å²) in [7, 11) is 0. The Morgan fingerprint density at radius 2 is 1.74 bits per heavy atom. The summed E-state index contributed by atoms with van der Waals surface area (Å²) < 4.78 is 52.6. The minimum absolute atomic E-state index is 0.0162. The van der Waals surface area contributed by atoms with E-state index in [0.717, 1.165) is 12.1 Å². The number of para-hydroxylation sites is 1. The van der Waals surface area contributed by atoms with Crippen molar-refractivity contribution in [2.45, 2.75) is 25.4 Å². The van der Waals surface area contributed by atoms with Gasteiger partial charge in [-0.05, 0) is 23.8 Å². The van der Waals surface area contributed by atoms with Crippen LogP contribution in [0.4, 0.5) is 23.2 Å². The van der Waals surface area contributed by atoms with Crippen LogP contribution in [0.15, 0.2) is 53.3 Å². The zero-order chi connectivity index (χ0) is 25.0. The molecule has 2 heterocycles. The van der Waals surface area contributed by atoms with Crippen molar-refractivity contribution in [3.05, 3.63) is 87.3 Å². The molecule has 0 radical (unpaired) electrons. The third kappa shape index (κ3) is 6.03. The van der Waals surface area contributed by atoms with Gasteiger partial charge >= 0.3 is 6.18 Å². The number of aromatic nitrogens is 3. The molecule has 0 bridgehead atoms. The maximum absolute atomic E-state index is 14.0. The Kier molecular flexibility index (Phi) is 7.13. The van der Waals surface area contributed by atoms with Gasteiger partial charge in [0.15, 0.2) is 0 Å². The highest BCUT2D eigenvalue weighted by Crippen LogP contribution is 2.29. The van der Waals surface area contributed by atoms with E-state index >= 15 is 0 Å². The molecule has 1 aromatic heterocycles. The largest absolute Gasteiger partial charge is 0.416 e. The van der Waals surface area contributed by atoms with Gasteiger partial charge in [-0.25, -0.2) is 4.39 Å². The maximum Gasteiger partial charge on any atom is 0.416 e. The van der Waals surface area contributed by atoms with Crippen LogP contribution in [0.3, 0.4) is 0 Å². The molecule has 1 N–H and O–H groups in total. The van der Waals surface area contributed by atoms with Crippen molar-refractivity contribution in [2.24, 2.45) is 0 Å². The lowest BCUT2D eigenvalue weighted by molar-refractivity contribution is -0.137. The lowest BCUT2D eigenvalue weighted by Crippen LogP contribution is -2.49. The lowest BCUT2D eigenvalue weighted by Gasteiger charge is -2.36. The van der Waals surface area contributed by atoms with Crippen molar-refractivity contribution >= 4 is 11.6 Å². The summed E-state index contributed by atoms with van der Waals surface area (Å²) >= 11 is 0. The van der Waals surface area contributed by atoms with E-state index in [-0.39, 0.29) is 42.5 Å². The Hall–Kier alpha value is -3.76. The van der Waals surface area contributed by atoms with Gasteiger partial charge in [0.1, 0.15) is 17.3 Å². The van der Waals surface area contributed by atoms with Crippen LogP contribution in [0.2, 0.25) is 0 Å². The normalized spacial score (nSPS) is 14.3. The number of piperazine rings is 1. The van der Waals surface area contributed by atoms with Crippen LogP contribution in [-0.4, -0.2) is 52.2 Å². The number of hydrogen-bond donors (Lipinski definition) is 1. The van der Waals surface area contributed by atoms with Crippen LogP contribution in [0.25, 0.3) is 0 Å². The number of carbonyl (C=O) groups excluding carboxylic acids is 1. The highest BCUT2D eigenvalue weighted by Gasteiger charge is 2.30. The van der Waals surface area contributed by atoms with Crippen LogP contribution < -0.4 is 10.5 Å². The molecule has 3 aromatic rings. The SMILES string of the molecule is O=C(CCc1nnc(Cc2cccc(C(F)(F)F)c2)[nH]c1=O)N1CCN(c2ccccc2F)CC1. The molecule has 7 nitrogen and oxygen atoms in total. The van der Waals surface area contributed by atoms with Gasteiger partial charge in [-0.2, -0.15) is 13.2 Å². The number of amides is 1. The molecule has 2 aromatic carbocycles. The van der Waals surface area contributed by atoms with Crippen molar-refractivity contribution in [1.29, 1.82) is 0 Å². The number of aromatic amines is 1. The van der Waals surface area contributed by atoms with Crippen molar-refractivity contribution in [1.82, 2.24) is 20.1 Å². The molecule has 1 amide bonds. The van der Waals surface area contributed by atoms with Crippen LogP contribution in [0.5, 0.6) is 0 Å². The van der Waals surface area contributed by atoms with Crippen molar-refractivity contribution in [3.63, 3.8) is 0 Å². The molecular formula is C24H23F4N5O2. The monoisotopic (exact) mass is 489 g/mol. The lowest BCUT2D eigenvalue weighted by atomic mass is 10.1. The summed E-state index contributed by atoms with van der Waals surface area (Å²) in [5.74, 6) is -0.317. The first-order chi connectivity index (χ1) is 16.7. The van der Waals surface area contributed by atoms with Gasteiger partial charge in [-0.15, -0.1) is 10.2 Å². The molecule has 1 aliphatic heterocycles. The van der Waals surface area contributed by atoms with Gasteiger partial charge < -0.3 is 14.8 Å². The van der Waals surface area contributed by atoms with E-state index in [1.807, 2.05) is 4.90 Å². The molecule has 0 atom stereocenters. The summed E-state index contributed by atoms with van der Waals surface area (Å²) in [5.41, 5.74) is -0.390. The topological polar surface area (TPSA) is 82.2 Å². The summed E-state index contributed by atoms with van der Waals surface area (Å²) in [4.78, 5) is 31.1. The fourth-order valence-corrected chi connectivity index (χ4v) is 3.98. The highest BCUT2D eigenvalue weighted by molar-refractivity contribution is 5.76. The second-order valence-electron chi connectivity index (χ2n) is 8.24. The summed E-state index contributed by atoms with van der Waals surface area (Å²) in [6, 6.07) is 11.3. The Labute approximate surface area is 198 Å². The van der Waals surface area contributed by atoms with Gasteiger partial charge in [-0.3, -0.25) is 9.59 Å². The molecule has 35 heavy (non-hydrogen) atoms. The predicted molar refractivity (Wildman–Crippen MR) is 120 cm³/mol. The molecule has 4 rings (SSSR count). The molecule has 1 aliphatic rings. The van der Waals surface area contributed by atoms with Gasteiger partial charge in [0.25, 0.3) is 5.56 Å². The fourth-order valence-electron chi connectivity index (χ4n) is 3.98. The summed E-state index contributed by atoms with van der Waals surface area (Å²) in [5, 5.41) is 7.80. The summed E-state index contributed by atoms with van der Waals surface area (Å²) in [6.45, 7) is 1.87. The number of alkyl halides is 3. The molecule has 0 unspecified atom stereocenters. The number of rotatable bonds is 6. The van der Waals surface area contributed by atoms with E-state index in [4.69, 9.17) is 0 Å². The summed E-state index contributed by atoms with van der Waals surface area (Å²) in [6.07, 6.45) is -4.34. The number of carbonyl (C=O) groups is 1. The highest BCUT2D eigenvalue weighted by atomic mass is 19.4. The quantitative estimate of drug-likeness (QED) is 0.538. The number of anilines is 1.